The molecule has 0 saturated carbocycles. The number of ether oxygens (including phenoxy) is 1. The van der Waals surface area contributed by atoms with Crippen molar-refractivity contribution in [2.24, 2.45) is 0 Å². The number of halogens is 2. The molecule has 0 saturated heterocycles. The summed E-state index contributed by atoms with van der Waals surface area (Å²) >= 11 is 0. The van der Waals surface area contributed by atoms with Gasteiger partial charge in [-0.2, -0.15) is 0 Å². The Labute approximate surface area is 137 Å². The van der Waals surface area contributed by atoms with Gasteiger partial charge in [-0.3, -0.25) is 4.79 Å². The molecule has 0 radical (unpaired) electrons. The molecule has 2 aromatic rings. The molecule has 0 bridgehead atoms. The average Bonchev–Trinajstić information content (AvgIpc) is 2.57. The summed E-state index contributed by atoms with van der Waals surface area (Å²) in [6, 6.07) is 11.1. The summed E-state index contributed by atoms with van der Waals surface area (Å²) in [6.07, 6.45) is -0.758. The number of benzene rings is 2. The van der Waals surface area contributed by atoms with Crippen LogP contribution in [0.2, 0.25) is 0 Å². The number of nitrogens with one attached hydrogen (secondary N) is 2. The fourth-order valence-corrected chi connectivity index (χ4v) is 1.83. The van der Waals surface area contributed by atoms with Crippen LogP contribution in [0.1, 0.15) is 12.5 Å². The van der Waals surface area contributed by atoms with Crippen LogP contribution >= 0.6 is 0 Å². The maximum absolute atomic E-state index is 13.1. The number of hydrogen-bond acceptors (Lipinski definition) is 3. The van der Waals surface area contributed by atoms with Crippen molar-refractivity contribution in [3.8, 4) is 0 Å². The van der Waals surface area contributed by atoms with Crippen LogP contribution < -0.4 is 10.6 Å². The average molecular weight is 334 g/mol. The molecule has 0 spiro atoms. The number of anilines is 1. The van der Waals surface area contributed by atoms with Crippen molar-refractivity contribution in [1.82, 2.24) is 5.32 Å². The maximum Gasteiger partial charge on any atom is 0.408 e. The largest absolute Gasteiger partial charge is 0.445 e. The van der Waals surface area contributed by atoms with Gasteiger partial charge in [0.15, 0.2) is 11.6 Å². The summed E-state index contributed by atoms with van der Waals surface area (Å²) in [5, 5.41) is 4.73. The van der Waals surface area contributed by atoms with Crippen molar-refractivity contribution >= 4 is 17.7 Å². The van der Waals surface area contributed by atoms with Crippen LogP contribution in [0.5, 0.6) is 0 Å². The summed E-state index contributed by atoms with van der Waals surface area (Å²) in [4.78, 5) is 23.6. The van der Waals surface area contributed by atoms with Gasteiger partial charge >= 0.3 is 6.09 Å². The van der Waals surface area contributed by atoms with E-state index in [1.165, 1.54) is 13.0 Å². The van der Waals surface area contributed by atoms with Crippen molar-refractivity contribution in [2.75, 3.05) is 5.32 Å². The quantitative estimate of drug-likeness (QED) is 0.882. The second-order valence-corrected chi connectivity index (χ2v) is 5.05. The molecule has 2 N–H and O–H groups in total. The van der Waals surface area contributed by atoms with E-state index in [1.807, 2.05) is 18.2 Å². The Morgan fingerprint density at radius 3 is 2.46 bits per heavy atom. The van der Waals surface area contributed by atoms with Gasteiger partial charge in [0.05, 0.1) is 0 Å². The van der Waals surface area contributed by atoms with Crippen LogP contribution in [0.15, 0.2) is 48.5 Å². The van der Waals surface area contributed by atoms with Gasteiger partial charge in [0.25, 0.3) is 0 Å². The van der Waals surface area contributed by atoms with Crippen LogP contribution in [-0.4, -0.2) is 18.0 Å². The zero-order chi connectivity index (χ0) is 17.5. The molecule has 2 aromatic carbocycles. The predicted molar refractivity (Wildman–Crippen MR) is 84.2 cm³/mol. The monoisotopic (exact) mass is 334 g/mol. The van der Waals surface area contributed by atoms with Gasteiger partial charge in [0.1, 0.15) is 12.6 Å². The fourth-order valence-electron chi connectivity index (χ4n) is 1.83. The third-order valence-electron chi connectivity index (χ3n) is 3.13. The van der Waals surface area contributed by atoms with E-state index in [2.05, 4.69) is 10.6 Å². The Morgan fingerprint density at radius 2 is 1.79 bits per heavy atom. The zero-order valence-corrected chi connectivity index (χ0v) is 12.9. The number of amides is 2. The second-order valence-electron chi connectivity index (χ2n) is 5.05. The van der Waals surface area contributed by atoms with Crippen molar-refractivity contribution in [2.45, 2.75) is 19.6 Å². The molecular formula is C17H16F2N2O3. The minimum atomic E-state index is -1.07. The lowest BCUT2D eigenvalue weighted by Crippen LogP contribution is -2.41. The first kappa shape index (κ1) is 17.4. The molecule has 0 aromatic heterocycles. The first-order valence-corrected chi connectivity index (χ1v) is 7.19. The van der Waals surface area contributed by atoms with Crippen molar-refractivity contribution in [1.29, 1.82) is 0 Å². The summed E-state index contributed by atoms with van der Waals surface area (Å²) in [6.45, 7) is 1.52. The van der Waals surface area contributed by atoms with Crippen molar-refractivity contribution < 1.29 is 23.1 Å². The van der Waals surface area contributed by atoms with E-state index in [1.54, 1.807) is 12.1 Å². The summed E-state index contributed by atoms with van der Waals surface area (Å²) in [5.74, 6) is -2.67. The van der Waals surface area contributed by atoms with Gasteiger partial charge in [-0.25, -0.2) is 13.6 Å². The van der Waals surface area contributed by atoms with Gasteiger partial charge in [-0.1, -0.05) is 30.3 Å². The molecule has 0 aliphatic rings. The Bertz CT molecular complexity index is 723. The molecule has 2 rings (SSSR count). The lowest BCUT2D eigenvalue weighted by molar-refractivity contribution is -0.117. The number of carbonyl (C=O) groups is 2. The van der Waals surface area contributed by atoms with E-state index in [4.69, 9.17) is 4.74 Å². The van der Waals surface area contributed by atoms with E-state index in [0.717, 1.165) is 17.7 Å². The van der Waals surface area contributed by atoms with E-state index in [-0.39, 0.29) is 12.3 Å². The number of carbonyl (C=O) groups excluding carboxylic acids is 2. The minimum absolute atomic E-state index is 0.0736. The molecule has 0 aliphatic heterocycles. The molecule has 0 aliphatic carbocycles. The third-order valence-corrected chi connectivity index (χ3v) is 3.13. The minimum Gasteiger partial charge on any atom is -0.445 e. The van der Waals surface area contributed by atoms with Gasteiger partial charge in [0.2, 0.25) is 5.91 Å². The molecule has 2 amide bonds. The smallest absolute Gasteiger partial charge is 0.408 e. The predicted octanol–water partition coefficient (Wildman–Crippen LogP) is 3.22. The molecule has 1 atom stereocenters. The first-order chi connectivity index (χ1) is 11.5. The molecule has 5 nitrogen and oxygen atoms in total. The van der Waals surface area contributed by atoms with Gasteiger partial charge in [-0.15, -0.1) is 0 Å². The first-order valence-electron chi connectivity index (χ1n) is 7.19. The lowest BCUT2D eigenvalue weighted by Gasteiger charge is -2.14. The van der Waals surface area contributed by atoms with E-state index >= 15 is 0 Å². The molecule has 7 heteroatoms. The lowest BCUT2D eigenvalue weighted by atomic mass is 10.2. The van der Waals surface area contributed by atoms with Crippen LogP contribution in [0.3, 0.4) is 0 Å². The van der Waals surface area contributed by atoms with Crippen LogP contribution in [-0.2, 0) is 16.1 Å². The van der Waals surface area contributed by atoms with Gasteiger partial charge < -0.3 is 15.4 Å². The van der Waals surface area contributed by atoms with Gasteiger partial charge in [-0.05, 0) is 24.6 Å². The summed E-state index contributed by atoms with van der Waals surface area (Å²) < 4.78 is 30.9. The Hall–Kier alpha value is -2.96. The van der Waals surface area contributed by atoms with Gasteiger partial charge in [0, 0.05) is 11.8 Å². The highest BCUT2D eigenvalue weighted by Gasteiger charge is 2.17. The zero-order valence-electron chi connectivity index (χ0n) is 12.9. The standard InChI is InChI=1S/C17H16F2N2O3/c1-11(16(22)21-13-7-8-14(18)15(19)9-13)20-17(23)24-10-12-5-3-2-4-6-12/h2-9,11H,10H2,1H3,(H,20,23)(H,21,22). The number of hydrogen-bond donors (Lipinski definition) is 2. The summed E-state index contributed by atoms with van der Waals surface area (Å²) in [7, 11) is 0. The third kappa shape index (κ3) is 5.05. The SMILES string of the molecule is CC(NC(=O)OCc1ccccc1)C(=O)Nc1ccc(F)c(F)c1. The highest BCUT2D eigenvalue weighted by atomic mass is 19.2. The van der Waals surface area contributed by atoms with Crippen molar-refractivity contribution in [3.63, 3.8) is 0 Å². The number of rotatable bonds is 5. The molecule has 24 heavy (non-hydrogen) atoms. The Morgan fingerprint density at radius 1 is 1.08 bits per heavy atom. The van der Waals surface area contributed by atoms with Crippen molar-refractivity contribution in [3.05, 3.63) is 65.7 Å². The Balaban J connectivity index is 1.82. The molecule has 0 fully saturated rings. The van der Waals surface area contributed by atoms with E-state index < -0.39 is 29.7 Å². The van der Waals surface area contributed by atoms with E-state index in [9.17, 15) is 18.4 Å². The topological polar surface area (TPSA) is 67.4 Å². The van der Waals surface area contributed by atoms with Crippen LogP contribution in [0, 0.1) is 11.6 Å². The molecule has 1 unspecified atom stereocenters. The number of alkyl carbamates (subject to hydrolysis) is 1. The molecule has 0 heterocycles. The Kier molecular flexibility index (Phi) is 5.83. The normalized spacial score (nSPS) is 11.5. The fraction of sp³-hybridized carbons (Fsp3) is 0.176. The second kappa shape index (κ2) is 8.05. The van der Waals surface area contributed by atoms with Crippen LogP contribution in [0.25, 0.3) is 0 Å². The highest BCUT2D eigenvalue weighted by molar-refractivity contribution is 5.96. The maximum atomic E-state index is 13.1. The highest BCUT2D eigenvalue weighted by Crippen LogP contribution is 2.13. The molecule has 126 valence electrons. The van der Waals surface area contributed by atoms with Crippen LogP contribution in [0.4, 0.5) is 19.3 Å². The van der Waals surface area contributed by atoms with E-state index in [0.29, 0.717) is 0 Å². The summed E-state index contributed by atoms with van der Waals surface area (Å²) in [5.41, 5.74) is 0.900. The molecular weight excluding hydrogens is 318 g/mol.